The molecule has 2 rings (SSSR count). The van der Waals surface area contributed by atoms with Gasteiger partial charge in [0.2, 0.25) is 0 Å². The number of benzene rings is 1. The van der Waals surface area contributed by atoms with E-state index in [9.17, 15) is 9.90 Å². The number of carbonyl (C=O) groups is 1. The lowest BCUT2D eigenvalue weighted by molar-refractivity contribution is -0.199. The normalized spacial score (nSPS) is 33.7. The zero-order valence-corrected chi connectivity index (χ0v) is 11.6. The Bertz CT molecular complexity index is 447. The smallest absolute Gasteiger partial charge is 0.338 e. The molecule has 0 amide bonds. The van der Waals surface area contributed by atoms with Crippen LogP contribution >= 0.6 is 0 Å². The molecule has 2 unspecified atom stereocenters. The Hall–Kier alpha value is -1.43. The molecule has 1 aromatic rings. The van der Waals surface area contributed by atoms with Crippen LogP contribution in [0.15, 0.2) is 30.3 Å². The average molecular weight is 280 g/mol. The number of aliphatic hydroxyl groups excluding tert-OH is 2. The Kier molecular flexibility index (Phi) is 4.75. The summed E-state index contributed by atoms with van der Waals surface area (Å²) in [6, 6.07) is 8.69. The van der Waals surface area contributed by atoms with Crippen LogP contribution in [0.25, 0.3) is 0 Å². The summed E-state index contributed by atoms with van der Waals surface area (Å²) in [5.41, 5.74) is 0.464. The van der Waals surface area contributed by atoms with Crippen LogP contribution in [0.1, 0.15) is 24.2 Å². The third-order valence-corrected chi connectivity index (χ3v) is 3.72. The van der Waals surface area contributed by atoms with Crippen LogP contribution in [0.3, 0.4) is 0 Å². The molecule has 5 heteroatoms. The molecule has 110 valence electrons. The molecule has 0 aliphatic carbocycles. The van der Waals surface area contributed by atoms with Crippen LogP contribution in [-0.4, -0.2) is 47.2 Å². The average Bonchev–Trinajstić information content (AvgIpc) is 2.48. The molecule has 1 heterocycles. The van der Waals surface area contributed by atoms with Crippen LogP contribution in [0.5, 0.6) is 0 Å². The van der Waals surface area contributed by atoms with Gasteiger partial charge in [0, 0.05) is 5.92 Å². The van der Waals surface area contributed by atoms with Gasteiger partial charge in [-0.1, -0.05) is 25.1 Å². The first-order valence-corrected chi connectivity index (χ1v) is 6.75. The van der Waals surface area contributed by atoms with Crippen molar-refractivity contribution in [3.05, 3.63) is 35.9 Å². The summed E-state index contributed by atoms with van der Waals surface area (Å²) in [4.78, 5) is 12.1. The van der Waals surface area contributed by atoms with E-state index in [2.05, 4.69) is 0 Å². The van der Waals surface area contributed by atoms with Crippen LogP contribution in [-0.2, 0) is 9.47 Å². The minimum Gasteiger partial charge on any atom is -0.456 e. The van der Waals surface area contributed by atoms with Gasteiger partial charge < -0.3 is 19.7 Å². The van der Waals surface area contributed by atoms with E-state index >= 15 is 0 Å². The van der Waals surface area contributed by atoms with Crippen molar-refractivity contribution in [3.63, 3.8) is 0 Å². The van der Waals surface area contributed by atoms with Crippen LogP contribution < -0.4 is 0 Å². The van der Waals surface area contributed by atoms with Gasteiger partial charge >= 0.3 is 5.97 Å². The monoisotopic (exact) mass is 280 g/mol. The first kappa shape index (κ1) is 15.0. The Morgan fingerprint density at radius 3 is 2.55 bits per heavy atom. The third kappa shape index (κ3) is 3.00. The van der Waals surface area contributed by atoms with Gasteiger partial charge in [-0.2, -0.15) is 0 Å². The molecule has 1 fully saturated rings. The number of ether oxygens (including phenoxy) is 2. The first-order valence-electron chi connectivity index (χ1n) is 6.75. The van der Waals surface area contributed by atoms with Gasteiger partial charge in [-0.05, 0) is 19.1 Å². The van der Waals surface area contributed by atoms with E-state index < -0.39 is 24.3 Å². The highest BCUT2D eigenvalue weighted by Crippen LogP contribution is 2.28. The van der Waals surface area contributed by atoms with Gasteiger partial charge in [0.25, 0.3) is 0 Å². The molecule has 0 saturated carbocycles. The van der Waals surface area contributed by atoms with Gasteiger partial charge in [-0.25, -0.2) is 4.79 Å². The van der Waals surface area contributed by atoms with Crippen molar-refractivity contribution in [1.82, 2.24) is 0 Å². The fourth-order valence-electron chi connectivity index (χ4n) is 2.51. The second-order valence-electron chi connectivity index (χ2n) is 5.15. The third-order valence-electron chi connectivity index (χ3n) is 3.72. The molecule has 2 N–H and O–H groups in total. The maximum Gasteiger partial charge on any atom is 0.338 e. The van der Waals surface area contributed by atoms with Gasteiger partial charge in [0.15, 0.2) is 0 Å². The zero-order chi connectivity index (χ0) is 14.7. The molecule has 0 bridgehead atoms. The molecule has 5 atom stereocenters. The van der Waals surface area contributed by atoms with Crippen molar-refractivity contribution in [1.29, 1.82) is 0 Å². The van der Waals surface area contributed by atoms with Crippen molar-refractivity contribution < 1.29 is 24.5 Å². The van der Waals surface area contributed by atoms with Crippen LogP contribution in [0.2, 0.25) is 0 Å². The minimum atomic E-state index is -0.857. The number of aliphatic hydroxyl groups is 2. The molecular weight excluding hydrogens is 260 g/mol. The maximum absolute atomic E-state index is 12.1. The second kappa shape index (κ2) is 6.35. The molecule has 1 aliphatic rings. The first-order chi connectivity index (χ1) is 9.54. The number of rotatable bonds is 3. The van der Waals surface area contributed by atoms with E-state index in [0.29, 0.717) is 5.56 Å². The van der Waals surface area contributed by atoms with Gasteiger partial charge in [-0.3, -0.25) is 0 Å². The molecule has 0 radical (unpaired) electrons. The molecule has 20 heavy (non-hydrogen) atoms. The molecule has 0 aromatic heterocycles. The maximum atomic E-state index is 12.1. The zero-order valence-electron chi connectivity index (χ0n) is 11.6. The molecular formula is C15H20O5. The minimum absolute atomic E-state index is 0.255. The number of hydrogen-bond donors (Lipinski definition) is 2. The lowest BCUT2D eigenvalue weighted by Gasteiger charge is -2.41. The van der Waals surface area contributed by atoms with Crippen LogP contribution in [0.4, 0.5) is 0 Å². The molecule has 1 aliphatic heterocycles. The van der Waals surface area contributed by atoms with Crippen molar-refractivity contribution in [3.8, 4) is 0 Å². The Balaban J connectivity index is 2.07. The van der Waals surface area contributed by atoms with E-state index in [1.807, 2.05) is 6.07 Å². The number of esters is 1. The summed E-state index contributed by atoms with van der Waals surface area (Å²) in [6.45, 7) is 3.30. The molecule has 1 saturated heterocycles. The highest BCUT2D eigenvalue weighted by molar-refractivity contribution is 5.89. The van der Waals surface area contributed by atoms with E-state index in [1.54, 1.807) is 38.1 Å². The lowest BCUT2D eigenvalue weighted by atomic mass is 9.88. The Morgan fingerprint density at radius 2 is 1.95 bits per heavy atom. The largest absolute Gasteiger partial charge is 0.456 e. The van der Waals surface area contributed by atoms with Crippen molar-refractivity contribution in [2.75, 3.05) is 6.61 Å². The summed E-state index contributed by atoms with van der Waals surface area (Å²) in [5, 5.41) is 19.2. The van der Waals surface area contributed by atoms with Crippen molar-refractivity contribution in [2.24, 2.45) is 5.92 Å². The highest BCUT2D eigenvalue weighted by Gasteiger charge is 2.42. The van der Waals surface area contributed by atoms with E-state index in [4.69, 9.17) is 14.6 Å². The SMILES string of the molecule is C[C@@H]1OC(CO)[C@H](O)[C@H](C)C1OC(=O)c1ccccc1. The van der Waals surface area contributed by atoms with Crippen molar-refractivity contribution >= 4 is 5.97 Å². The highest BCUT2D eigenvalue weighted by atomic mass is 16.6. The fourth-order valence-corrected chi connectivity index (χ4v) is 2.51. The molecule has 5 nitrogen and oxygen atoms in total. The Labute approximate surface area is 118 Å². The fraction of sp³-hybridized carbons (Fsp3) is 0.533. The predicted molar refractivity (Wildman–Crippen MR) is 72.2 cm³/mol. The lowest BCUT2D eigenvalue weighted by Crippen LogP contribution is -2.54. The summed E-state index contributed by atoms with van der Waals surface area (Å²) in [6.07, 6.45) is -2.41. The Morgan fingerprint density at radius 1 is 1.30 bits per heavy atom. The van der Waals surface area contributed by atoms with Gasteiger partial charge in [0.05, 0.1) is 24.4 Å². The van der Waals surface area contributed by atoms with Crippen LogP contribution in [0, 0.1) is 5.92 Å². The summed E-state index contributed by atoms with van der Waals surface area (Å²) in [5.74, 6) is -0.740. The summed E-state index contributed by atoms with van der Waals surface area (Å²) in [7, 11) is 0. The van der Waals surface area contributed by atoms with Gasteiger partial charge in [0.1, 0.15) is 12.2 Å². The van der Waals surface area contributed by atoms with Gasteiger partial charge in [-0.15, -0.1) is 0 Å². The van der Waals surface area contributed by atoms with E-state index in [0.717, 1.165) is 0 Å². The topological polar surface area (TPSA) is 76.0 Å². The van der Waals surface area contributed by atoms with E-state index in [-0.39, 0.29) is 18.6 Å². The molecule has 0 spiro atoms. The summed E-state index contributed by atoms with van der Waals surface area (Å²) >= 11 is 0. The number of hydrogen-bond acceptors (Lipinski definition) is 5. The molecule has 1 aromatic carbocycles. The standard InChI is InChI=1S/C15H20O5/c1-9-13(17)12(8-16)19-10(2)14(9)20-15(18)11-6-4-3-5-7-11/h3-7,9-10,12-14,16-17H,8H2,1-2H3/t9-,10-,12?,13+,14?/m0/s1. The second-order valence-corrected chi connectivity index (χ2v) is 5.15. The van der Waals surface area contributed by atoms with Crippen molar-refractivity contribution in [2.45, 2.75) is 38.3 Å². The summed E-state index contributed by atoms with van der Waals surface area (Å²) < 4.78 is 10.9. The quantitative estimate of drug-likeness (QED) is 0.807. The van der Waals surface area contributed by atoms with E-state index in [1.165, 1.54) is 0 Å². The predicted octanol–water partition coefficient (Wildman–Crippen LogP) is 0.989. The number of carbonyl (C=O) groups excluding carboxylic acids is 1.